The molecule has 1 aromatic carbocycles. The van der Waals surface area contributed by atoms with Crippen molar-refractivity contribution in [3.05, 3.63) is 33.9 Å². The molecule has 0 aliphatic rings. The van der Waals surface area contributed by atoms with Crippen LogP contribution in [0.25, 0.3) is 0 Å². The maximum atomic E-state index is 12.7. The Kier molecular flexibility index (Phi) is 4.12. The van der Waals surface area contributed by atoms with Gasteiger partial charge in [-0.1, -0.05) is 0 Å². The van der Waals surface area contributed by atoms with Crippen LogP contribution in [0.5, 0.6) is 0 Å². The van der Waals surface area contributed by atoms with Crippen LogP contribution in [0.3, 0.4) is 0 Å². The molecule has 0 aliphatic heterocycles. The molecule has 1 aromatic rings. The lowest BCUT2D eigenvalue weighted by Gasteiger charge is -2.19. The summed E-state index contributed by atoms with van der Waals surface area (Å²) in [7, 11) is 1.56. The molecule has 0 aliphatic carbocycles. The fourth-order valence-electron chi connectivity index (χ4n) is 1.47. The highest BCUT2D eigenvalue weighted by atomic mass is 19.4. The summed E-state index contributed by atoms with van der Waals surface area (Å²) >= 11 is 0. The SMILES string of the molecule is CN(CCN)c1ccc([N+](=O)[O-])c(C(F)(F)F)c1. The molecule has 2 N–H and O–H groups in total. The summed E-state index contributed by atoms with van der Waals surface area (Å²) in [5, 5.41) is 10.5. The standard InChI is InChI=1S/C10H12F3N3O2/c1-15(5-4-14)7-2-3-9(16(17)18)8(6-7)10(11,12)13/h2-3,6H,4-5,14H2,1H3. The minimum atomic E-state index is -4.76. The van der Waals surface area contributed by atoms with Crippen molar-refractivity contribution < 1.29 is 18.1 Å². The second-order valence-corrected chi connectivity index (χ2v) is 3.67. The molecule has 0 bridgehead atoms. The number of likely N-dealkylation sites (N-methyl/N-ethyl adjacent to an activating group) is 1. The molecule has 0 spiro atoms. The zero-order valence-electron chi connectivity index (χ0n) is 9.57. The van der Waals surface area contributed by atoms with Gasteiger partial charge in [0.15, 0.2) is 0 Å². The van der Waals surface area contributed by atoms with Crippen LogP contribution in [0.15, 0.2) is 18.2 Å². The van der Waals surface area contributed by atoms with E-state index in [1.807, 2.05) is 0 Å². The van der Waals surface area contributed by atoms with Gasteiger partial charge >= 0.3 is 6.18 Å². The van der Waals surface area contributed by atoms with E-state index in [-0.39, 0.29) is 12.2 Å². The molecule has 0 heterocycles. The van der Waals surface area contributed by atoms with Crippen molar-refractivity contribution in [3.63, 3.8) is 0 Å². The van der Waals surface area contributed by atoms with E-state index < -0.39 is 22.4 Å². The van der Waals surface area contributed by atoms with Gasteiger partial charge in [-0.15, -0.1) is 0 Å². The Hall–Kier alpha value is -1.83. The quantitative estimate of drug-likeness (QED) is 0.666. The van der Waals surface area contributed by atoms with Gasteiger partial charge in [0.25, 0.3) is 5.69 Å². The van der Waals surface area contributed by atoms with E-state index in [0.29, 0.717) is 6.54 Å². The summed E-state index contributed by atoms with van der Waals surface area (Å²) < 4.78 is 38.1. The topological polar surface area (TPSA) is 72.4 Å². The number of hydrogen-bond acceptors (Lipinski definition) is 4. The first-order chi connectivity index (χ1) is 8.27. The second-order valence-electron chi connectivity index (χ2n) is 3.67. The molecule has 1 rings (SSSR count). The number of rotatable bonds is 4. The number of anilines is 1. The van der Waals surface area contributed by atoms with Crippen LogP contribution in [0.2, 0.25) is 0 Å². The predicted molar refractivity (Wildman–Crippen MR) is 60.4 cm³/mol. The van der Waals surface area contributed by atoms with Crippen LogP contribution in [0.4, 0.5) is 24.5 Å². The summed E-state index contributed by atoms with van der Waals surface area (Å²) in [6.07, 6.45) is -4.76. The van der Waals surface area contributed by atoms with Crippen LogP contribution < -0.4 is 10.6 Å². The number of nitrogens with zero attached hydrogens (tertiary/aromatic N) is 2. The summed E-state index contributed by atoms with van der Waals surface area (Å²) in [4.78, 5) is 11.0. The van der Waals surface area contributed by atoms with Gasteiger partial charge in [-0.05, 0) is 12.1 Å². The van der Waals surface area contributed by atoms with E-state index in [1.165, 1.54) is 11.0 Å². The second kappa shape index (κ2) is 5.21. The van der Waals surface area contributed by atoms with Gasteiger partial charge < -0.3 is 10.6 Å². The first-order valence-electron chi connectivity index (χ1n) is 5.04. The minimum Gasteiger partial charge on any atom is -0.373 e. The molecule has 18 heavy (non-hydrogen) atoms. The van der Waals surface area contributed by atoms with Gasteiger partial charge in [0.2, 0.25) is 0 Å². The number of halogens is 3. The number of benzene rings is 1. The Morgan fingerprint density at radius 2 is 2.06 bits per heavy atom. The molecule has 0 amide bonds. The number of nitrogens with two attached hydrogens (primary N) is 1. The largest absolute Gasteiger partial charge is 0.423 e. The molecule has 0 fully saturated rings. The Bertz CT molecular complexity index is 448. The first-order valence-corrected chi connectivity index (χ1v) is 5.04. The molecule has 0 unspecified atom stereocenters. The highest BCUT2D eigenvalue weighted by molar-refractivity contribution is 5.56. The summed E-state index contributed by atoms with van der Waals surface area (Å²) in [6, 6.07) is 2.88. The van der Waals surface area contributed by atoms with Crippen LogP contribution in [-0.2, 0) is 6.18 Å². The maximum absolute atomic E-state index is 12.7. The van der Waals surface area contributed by atoms with Gasteiger partial charge in [-0.3, -0.25) is 10.1 Å². The third kappa shape index (κ3) is 3.10. The lowest BCUT2D eigenvalue weighted by molar-refractivity contribution is -0.388. The molecule has 0 radical (unpaired) electrons. The molecule has 0 saturated heterocycles. The molecule has 0 saturated carbocycles. The van der Waals surface area contributed by atoms with Crippen LogP contribution >= 0.6 is 0 Å². The van der Waals surface area contributed by atoms with E-state index in [1.54, 1.807) is 7.05 Å². The van der Waals surface area contributed by atoms with Gasteiger partial charge in [-0.25, -0.2) is 0 Å². The van der Waals surface area contributed by atoms with Crippen LogP contribution in [-0.4, -0.2) is 25.1 Å². The molecule has 100 valence electrons. The Balaban J connectivity index is 3.26. The summed E-state index contributed by atoms with van der Waals surface area (Å²) in [6.45, 7) is 0.629. The van der Waals surface area contributed by atoms with Crippen molar-refractivity contribution in [2.75, 3.05) is 25.0 Å². The fourth-order valence-corrected chi connectivity index (χ4v) is 1.47. The monoisotopic (exact) mass is 263 g/mol. The number of nitro benzene ring substituents is 1. The smallest absolute Gasteiger partial charge is 0.373 e. The molecular weight excluding hydrogens is 251 g/mol. The Morgan fingerprint density at radius 1 is 1.44 bits per heavy atom. The molecule has 0 aromatic heterocycles. The maximum Gasteiger partial charge on any atom is 0.423 e. The third-order valence-corrected chi connectivity index (χ3v) is 2.39. The third-order valence-electron chi connectivity index (χ3n) is 2.39. The zero-order chi connectivity index (χ0) is 13.9. The Labute approximate surface area is 101 Å². The molecular formula is C10H12F3N3O2. The number of hydrogen-bond donors (Lipinski definition) is 1. The number of alkyl halides is 3. The van der Waals surface area contributed by atoms with Crippen molar-refractivity contribution in [2.24, 2.45) is 5.73 Å². The molecule has 0 atom stereocenters. The van der Waals surface area contributed by atoms with Crippen LogP contribution in [0.1, 0.15) is 5.56 Å². The van der Waals surface area contributed by atoms with Crippen molar-refractivity contribution >= 4 is 11.4 Å². The number of nitro groups is 1. The average Bonchev–Trinajstić information content (AvgIpc) is 2.27. The van der Waals surface area contributed by atoms with Crippen molar-refractivity contribution in [2.45, 2.75) is 6.18 Å². The van der Waals surface area contributed by atoms with E-state index >= 15 is 0 Å². The highest BCUT2D eigenvalue weighted by Gasteiger charge is 2.38. The lowest BCUT2D eigenvalue weighted by atomic mass is 10.1. The molecule has 8 heteroatoms. The highest BCUT2D eigenvalue weighted by Crippen LogP contribution is 2.38. The van der Waals surface area contributed by atoms with E-state index in [4.69, 9.17) is 5.73 Å². The van der Waals surface area contributed by atoms with Gasteiger partial charge in [0.05, 0.1) is 4.92 Å². The van der Waals surface area contributed by atoms with Crippen LogP contribution in [0, 0.1) is 10.1 Å². The average molecular weight is 263 g/mol. The van der Waals surface area contributed by atoms with E-state index in [0.717, 1.165) is 12.1 Å². The predicted octanol–water partition coefficient (Wildman–Crippen LogP) is 2.01. The van der Waals surface area contributed by atoms with E-state index in [9.17, 15) is 23.3 Å². The van der Waals surface area contributed by atoms with Gasteiger partial charge in [0.1, 0.15) is 5.56 Å². The lowest BCUT2D eigenvalue weighted by Crippen LogP contribution is -2.25. The minimum absolute atomic E-state index is 0.235. The normalized spacial score (nSPS) is 11.4. The van der Waals surface area contributed by atoms with Crippen molar-refractivity contribution in [3.8, 4) is 0 Å². The van der Waals surface area contributed by atoms with E-state index in [2.05, 4.69) is 0 Å². The summed E-state index contributed by atoms with van der Waals surface area (Å²) in [5.74, 6) is 0. The first kappa shape index (κ1) is 14.2. The Morgan fingerprint density at radius 3 is 2.50 bits per heavy atom. The van der Waals surface area contributed by atoms with Crippen molar-refractivity contribution in [1.29, 1.82) is 0 Å². The van der Waals surface area contributed by atoms with Crippen molar-refractivity contribution in [1.82, 2.24) is 0 Å². The van der Waals surface area contributed by atoms with Gasteiger partial charge in [-0.2, -0.15) is 13.2 Å². The fraction of sp³-hybridized carbons (Fsp3) is 0.400. The summed E-state index contributed by atoms with van der Waals surface area (Å²) in [5.41, 5.74) is 3.32. The molecule has 5 nitrogen and oxygen atoms in total. The zero-order valence-corrected chi connectivity index (χ0v) is 9.57. The van der Waals surface area contributed by atoms with Gasteiger partial charge in [0, 0.05) is 31.9 Å².